The summed E-state index contributed by atoms with van der Waals surface area (Å²) in [5, 5.41) is 2.65. The first kappa shape index (κ1) is 14.1. The number of aromatic nitrogens is 2. The summed E-state index contributed by atoms with van der Waals surface area (Å²) in [5.74, 6) is 0.487. The lowest BCUT2D eigenvalue weighted by atomic mass is 9.95. The van der Waals surface area contributed by atoms with Crippen molar-refractivity contribution in [3.63, 3.8) is 0 Å². The molecule has 1 unspecified atom stereocenters. The van der Waals surface area contributed by atoms with E-state index in [1.165, 1.54) is 38.6 Å². The van der Waals surface area contributed by atoms with Crippen LogP contribution < -0.4 is 0 Å². The fraction of sp³-hybridized carbons (Fsp3) is 0.238. The molecule has 2 heteroatoms. The van der Waals surface area contributed by atoms with Gasteiger partial charge in [-0.2, -0.15) is 0 Å². The summed E-state index contributed by atoms with van der Waals surface area (Å²) in [7, 11) is 0. The Morgan fingerprint density at radius 1 is 1.00 bits per heavy atom. The molecule has 0 fully saturated rings. The van der Waals surface area contributed by atoms with Gasteiger partial charge in [-0.3, -0.25) is 0 Å². The van der Waals surface area contributed by atoms with E-state index in [9.17, 15) is 0 Å². The van der Waals surface area contributed by atoms with Crippen LogP contribution in [0.2, 0.25) is 0 Å². The quantitative estimate of drug-likeness (QED) is 0.495. The second-order valence-corrected chi connectivity index (χ2v) is 6.46. The number of hydrogen-bond donors (Lipinski definition) is 2. The molecule has 0 radical (unpaired) electrons. The molecule has 0 aliphatic heterocycles. The molecule has 2 nitrogen and oxygen atoms in total. The van der Waals surface area contributed by atoms with Crippen molar-refractivity contribution in [2.75, 3.05) is 0 Å². The van der Waals surface area contributed by atoms with Gasteiger partial charge < -0.3 is 9.97 Å². The van der Waals surface area contributed by atoms with Gasteiger partial charge in [-0.1, -0.05) is 38.1 Å². The van der Waals surface area contributed by atoms with Crippen LogP contribution in [0, 0.1) is 0 Å². The molecule has 2 aromatic heterocycles. The maximum Gasteiger partial charge on any atom is 0.0458 e. The minimum Gasteiger partial charge on any atom is -0.361 e. The van der Waals surface area contributed by atoms with E-state index in [2.05, 4.69) is 72.3 Å². The average Bonchev–Trinajstić information content (AvgIpc) is 3.19. The molecule has 0 spiro atoms. The van der Waals surface area contributed by atoms with Crippen LogP contribution in [0.5, 0.6) is 0 Å². The Labute approximate surface area is 136 Å². The lowest BCUT2D eigenvalue weighted by molar-refractivity contribution is 0.747. The SMILES string of the molecule is CCc1cccc2[nH]c(CC(C)c3ccc4cc[nH]c4c3)cc12. The van der Waals surface area contributed by atoms with E-state index in [-0.39, 0.29) is 0 Å². The number of aryl methyl sites for hydroxylation is 1. The van der Waals surface area contributed by atoms with Crippen LogP contribution in [0.4, 0.5) is 0 Å². The number of nitrogens with one attached hydrogen (secondary N) is 2. The van der Waals surface area contributed by atoms with Crippen LogP contribution in [0.3, 0.4) is 0 Å². The van der Waals surface area contributed by atoms with Gasteiger partial charge >= 0.3 is 0 Å². The van der Waals surface area contributed by atoms with Gasteiger partial charge in [0.1, 0.15) is 0 Å². The zero-order valence-corrected chi connectivity index (χ0v) is 13.7. The van der Waals surface area contributed by atoms with Crippen molar-refractivity contribution < 1.29 is 0 Å². The standard InChI is InChI=1S/C21H22N2/c1-3-15-5-4-6-20-19(15)13-18(23-20)11-14(2)17-8-7-16-9-10-22-21(16)12-17/h4-10,12-14,22-23H,3,11H2,1-2H3. The Hall–Kier alpha value is -2.48. The largest absolute Gasteiger partial charge is 0.361 e. The molecule has 2 aromatic carbocycles. The van der Waals surface area contributed by atoms with Gasteiger partial charge in [0, 0.05) is 28.3 Å². The van der Waals surface area contributed by atoms with E-state index in [1.807, 2.05) is 6.20 Å². The second kappa shape index (κ2) is 5.62. The summed E-state index contributed by atoms with van der Waals surface area (Å²) in [5.41, 5.74) is 6.60. The molecule has 4 aromatic rings. The summed E-state index contributed by atoms with van der Waals surface area (Å²) in [6.07, 6.45) is 4.11. The van der Waals surface area contributed by atoms with Crippen LogP contribution in [0.15, 0.2) is 54.7 Å². The van der Waals surface area contributed by atoms with Crippen molar-refractivity contribution in [2.45, 2.75) is 32.6 Å². The van der Waals surface area contributed by atoms with Gasteiger partial charge in [0.05, 0.1) is 0 Å². The zero-order chi connectivity index (χ0) is 15.8. The predicted molar refractivity (Wildman–Crippen MR) is 98.1 cm³/mol. The summed E-state index contributed by atoms with van der Waals surface area (Å²) in [4.78, 5) is 6.90. The number of rotatable bonds is 4. The minimum atomic E-state index is 0.487. The maximum absolute atomic E-state index is 3.60. The molecule has 0 saturated heterocycles. The Morgan fingerprint density at radius 2 is 1.91 bits per heavy atom. The van der Waals surface area contributed by atoms with E-state index < -0.39 is 0 Å². The number of aromatic amines is 2. The van der Waals surface area contributed by atoms with Crippen molar-refractivity contribution in [1.82, 2.24) is 9.97 Å². The normalized spacial score (nSPS) is 13.0. The minimum absolute atomic E-state index is 0.487. The Bertz CT molecular complexity index is 958. The highest BCUT2D eigenvalue weighted by atomic mass is 14.7. The van der Waals surface area contributed by atoms with Gasteiger partial charge in [-0.05, 0) is 59.5 Å². The highest BCUT2D eigenvalue weighted by Crippen LogP contribution is 2.26. The van der Waals surface area contributed by atoms with E-state index in [4.69, 9.17) is 0 Å². The van der Waals surface area contributed by atoms with Gasteiger partial charge in [0.2, 0.25) is 0 Å². The van der Waals surface area contributed by atoms with Gasteiger partial charge in [0.25, 0.3) is 0 Å². The third-order valence-corrected chi connectivity index (χ3v) is 4.87. The molecule has 2 heterocycles. The van der Waals surface area contributed by atoms with Crippen molar-refractivity contribution >= 4 is 21.8 Å². The first-order chi connectivity index (χ1) is 11.2. The smallest absolute Gasteiger partial charge is 0.0458 e. The summed E-state index contributed by atoms with van der Waals surface area (Å²) >= 11 is 0. The average molecular weight is 302 g/mol. The zero-order valence-electron chi connectivity index (χ0n) is 13.7. The molecule has 2 N–H and O–H groups in total. The first-order valence-corrected chi connectivity index (χ1v) is 8.41. The van der Waals surface area contributed by atoms with E-state index in [0.29, 0.717) is 5.92 Å². The lowest BCUT2D eigenvalue weighted by Crippen LogP contribution is -1.98. The monoisotopic (exact) mass is 302 g/mol. The third kappa shape index (κ3) is 2.55. The van der Waals surface area contributed by atoms with Crippen molar-refractivity contribution in [1.29, 1.82) is 0 Å². The molecular weight excluding hydrogens is 280 g/mol. The summed E-state index contributed by atoms with van der Waals surface area (Å²) in [6, 6.07) is 17.7. The summed E-state index contributed by atoms with van der Waals surface area (Å²) < 4.78 is 0. The first-order valence-electron chi connectivity index (χ1n) is 8.41. The molecule has 0 amide bonds. The van der Waals surface area contributed by atoms with E-state index >= 15 is 0 Å². The highest BCUT2D eigenvalue weighted by Gasteiger charge is 2.11. The van der Waals surface area contributed by atoms with Crippen molar-refractivity contribution in [3.8, 4) is 0 Å². The number of benzene rings is 2. The molecule has 23 heavy (non-hydrogen) atoms. The number of hydrogen-bond acceptors (Lipinski definition) is 0. The Morgan fingerprint density at radius 3 is 2.78 bits per heavy atom. The van der Waals surface area contributed by atoms with Gasteiger partial charge in [-0.15, -0.1) is 0 Å². The topological polar surface area (TPSA) is 31.6 Å². The molecular formula is C21H22N2. The fourth-order valence-corrected chi connectivity index (χ4v) is 3.51. The van der Waals surface area contributed by atoms with Gasteiger partial charge in [-0.25, -0.2) is 0 Å². The summed E-state index contributed by atoms with van der Waals surface area (Å²) in [6.45, 7) is 4.52. The van der Waals surface area contributed by atoms with E-state index in [1.54, 1.807) is 0 Å². The number of fused-ring (bicyclic) bond motifs is 2. The molecule has 1 atom stereocenters. The number of H-pyrrole nitrogens is 2. The van der Waals surface area contributed by atoms with Crippen LogP contribution >= 0.6 is 0 Å². The van der Waals surface area contributed by atoms with E-state index in [0.717, 1.165) is 12.8 Å². The van der Waals surface area contributed by atoms with Crippen LogP contribution in [0.25, 0.3) is 21.8 Å². The Balaban J connectivity index is 1.63. The van der Waals surface area contributed by atoms with Crippen LogP contribution in [0.1, 0.15) is 36.6 Å². The predicted octanol–water partition coefficient (Wildman–Crippen LogP) is 5.56. The molecule has 0 aliphatic rings. The third-order valence-electron chi connectivity index (χ3n) is 4.87. The van der Waals surface area contributed by atoms with Crippen molar-refractivity contribution in [3.05, 3.63) is 71.5 Å². The van der Waals surface area contributed by atoms with Gasteiger partial charge in [0.15, 0.2) is 0 Å². The maximum atomic E-state index is 3.60. The molecule has 0 bridgehead atoms. The second-order valence-electron chi connectivity index (χ2n) is 6.46. The lowest BCUT2D eigenvalue weighted by Gasteiger charge is -2.11. The molecule has 4 rings (SSSR count). The van der Waals surface area contributed by atoms with Crippen LogP contribution in [-0.4, -0.2) is 9.97 Å². The Kier molecular flexibility index (Phi) is 3.45. The molecule has 0 saturated carbocycles. The van der Waals surface area contributed by atoms with Crippen molar-refractivity contribution in [2.24, 2.45) is 0 Å². The van der Waals surface area contributed by atoms with Crippen LogP contribution in [-0.2, 0) is 12.8 Å². The molecule has 0 aliphatic carbocycles. The highest BCUT2D eigenvalue weighted by molar-refractivity contribution is 5.84. The fourth-order valence-electron chi connectivity index (χ4n) is 3.51. The molecule has 116 valence electrons.